The zero-order valence-corrected chi connectivity index (χ0v) is 8.44. The molecule has 0 aromatic carbocycles. The number of carbonyl (C=O) groups excluding carboxylic acids is 1. The predicted octanol–water partition coefficient (Wildman–Crippen LogP) is -0.300. The van der Waals surface area contributed by atoms with Crippen LogP contribution in [-0.4, -0.2) is 48.7 Å². The molecule has 0 heterocycles. The zero-order valence-electron chi connectivity index (χ0n) is 8.44. The quantitative estimate of drug-likeness (QED) is 0.421. The fourth-order valence-corrected chi connectivity index (χ4v) is 0.749. The highest BCUT2D eigenvalue weighted by Gasteiger charge is 2.07. The summed E-state index contributed by atoms with van der Waals surface area (Å²) in [5, 5.41) is 17.5. The first-order valence-corrected chi connectivity index (χ1v) is 4.73. The molecule has 0 saturated heterocycles. The van der Waals surface area contributed by atoms with Crippen LogP contribution in [0.4, 0.5) is 0 Å². The number of aliphatic hydroxyl groups excluding tert-OH is 2. The summed E-state index contributed by atoms with van der Waals surface area (Å²) in [6.45, 7) is 2.00. The third-order valence-electron chi connectivity index (χ3n) is 1.52. The van der Waals surface area contributed by atoms with Crippen LogP contribution < -0.4 is 0 Å². The van der Waals surface area contributed by atoms with E-state index in [1.165, 1.54) is 0 Å². The summed E-state index contributed by atoms with van der Waals surface area (Å²) in [4.78, 5) is 10.5. The molecular formula is C9H18O5. The van der Waals surface area contributed by atoms with Crippen LogP contribution in [-0.2, 0) is 14.3 Å². The lowest BCUT2D eigenvalue weighted by molar-refractivity contribution is -0.151. The van der Waals surface area contributed by atoms with Gasteiger partial charge in [-0.25, -0.2) is 4.79 Å². The van der Waals surface area contributed by atoms with Gasteiger partial charge in [-0.1, -0.05) is 13.3 Å². The smallest absolute Gasteiger partial charge is 0.331 e. The van der Waals surface area contributed by atoms with Crippen LogP contribution in [0, 0.1) is 0 Å². The Labute approximate surface area is 83.6 Å². The fraction of sp³-hybridized carbons (Fsp3) is 0.889. The van der Waals surface area contributed by atoms with Crippen LogP contribution in [0.15, 0.2) is 0 Å². The third kappa shape index (κ3) is 7.97. The lowest BCUT2D eigenvalue weighted by atomic mass is 10.3. The lowest BCUT2D eigenvalue weighted by Gasteiger charge is -2.10. The van der Waals surface area contributed by atoms with Crippen LogP contribution in [0.25, 0.3) is 0 Å². The molecule has 2 N–H and O–H groups in total. The molecule has 0 bridgehead atoms. The highest BCUT2D eigenvalue weighted by molar-refractivity contribution is 5.70. The number of esters is 1. The standard InChI is InChI=1S/C9H18O5/c1-2-3-4-13-6-8(11)7-14-9(12)5-10/h8,10-11H,2-7H2,1H3. The second-order valence-corrected chi connectivity index (χ2v) is 2.92. The van der Waals surface area contributed by atoms with Crippen molar-refractivity contribution in [2.75, 3.05) is 26.4 Å². The van der Waals surface area contributed by atoms with E-state index in [1.54, 1.807) is 0 Å². The molecule has 1 atom stereocenters. The van der Waals surface area contributed by atoms with Gasteiger partial charge in [0.1, 0.15) is 19.3 Å². The van der Waals surface area contributed by atoms with Crippen molar-refractivity contribution in [3.8, 4) is 0 Å². The summed E-state index contributed by atoms with van der Waals surface area (Å²) in [6.07, 6.45) is 1.17. The maximum atomic E-state index is 10.5. The monoisotopic (exact) mass is 206 g/mol. The van der Waals surface area contributed by atoms with Crippen molar-refractivity contribution in [3.05, 3.63) is 0 Å². The molecule has 14 heavy (non-hydrogen) atoms. The van der Waals surface area contributed by atoms with Crippen molar-refractivity contribution in [2.45, 2.75) is 25.9 Å². The molecule has 0 saturated carbocycles. The van der Waals surface area contributed by atoms with Gasteiger partial charge in [0.25, 0.3) is 0 Å². The highest BCUT2D eigenvalue weighted by atomic mass is 16.6. The first-order chi connectivity index (χ1) is 6.70. The number of hydrogen-bond acceptors (Lipinski definition) is 5. The molecule has 0 aliphatic carbocycles. The van der Waals surface area contributed by atoms with E-state index in [0.717, 1.165) is 12.8 Å². The molecule has 0 amide bonds. The average molecular weight is 206 g/mol. The molecular weight excluding hydrogens is 188 g/mol. The van der Waals surface area contributed by atoms with Gasteiger partial charge in [0, 0.05) is 6.61 Å². The molecule has 84 valence electrons. The van der Waals surface area contributed by atoms with E-state index in [4.69, 9.17) is 9.84 Å². The van der Waals surface area contributed by atoms with Crippen LogP contribution >= 0.6 is 0 Å². The molecule has 0 aliphatic rings. The van der Waals surface area contributed by atoms with Gasteiger partial charge in [0.05, 0.1) is 6.61 Å². The summed E-state index contributed by atoms with van der Waals surface area (Å²) in [6, 6.07) is 0. The number of hydrogen-bond donors (Lipinski definition) is 2. The summed E-state index contributed by atoms with van der Waals surface area (Å²) in [7, 11) is 0. The Morgan fingerprint density at radius 1 is 1.43 bits per heavy atom. The minimum atomic E-state index is -0.817. The van der Waals surface area contributed by atoms with Gasteiger partial charge in [0.2, 0.25) is 0 Å². The predicted molar refractivity (Wildman–Crippen MR) is 49.8 cm³/mol. The van der Waals surface area contributed by atoms with Gasteiger partial charge in [-0.05, 0) is 6.42 Å². The van der Waals surface area contributed by atoms with E-state index in [0.29, 0.717) is 6.61 Å². The van der Waals surface area contributed by atoms with E-state index < -0.39 is 18.7 Å². The number of unbranched alkanes of at least 4 members (excludes halogenated alkanes) is 1. The summed E-state index contributed by atoms with van der Waals surface area (Å²) >= 11 is 0. The van der Waals surface area contributed by atoms with Crippen molar-refractivity contribution in [1.29, 1.82) is 0 Å². The van der Waals surface area contributed by atoms with Crippen LogP contribution in [0.2, 0.25) is 0 Å². The van der Waals surface area contributed by atoms with E-state index in [1.807, 2.05) is 6.92 Å². The number of rotatable bonds is 8. The molecule has 5 heteroatoms. The van der Waals surface area contributed by atoms with Crippen molar-refractivity contribution < 1.29 is 24.5 Å². The van der Waals surface area contributed by atoms with E-state index >= 15 is 0 Å². The van der Waals surface area contributed by atoms with Gasteiger partial charge in [-0.15, -0.1) is 0 Å². The zero-order chi connectivity index (χ0) is 10.8. The number of aliphatic hydroxyl groups is 2. The molecule has 0 aliphatic heterocycles. The Morgan fingerprint density at radius 2 is 2.14 bits per heavy atom. The largest absolute Gasteiger partial charge is 0.461 e. The molecule has 0 radical (unpaired) electrons. The summed E-state index contributed by atoms with van der Waals surface area (Å²) in [5.74, 6) is -0.738. The van der Waals surface area contributed by atoms with Crippen LogP contribution in [0.1, 0.15) is 19.8 Å². The SMILES string of the molecule is CCCCOCC(O)COC(=O)CO. The minimum absolute atomic E-state index is 0.133. The van der Waals surface area contributed by atoms with Gasteiger partial charge < -0.3 is 19.7 Å². The maximum Gasteiger partial charge on any atom is 0.331 e. The third-order valence-corrected chi connectivity index (χ3v) is 1.52. The van der Waals surface area contributed by atoms with Gasteiger partial charge in [0.15, 0.2) is 0 Å². The molecule has 0 fully saturated rings. The Morgan fingerprint density at radius 3 is 2.71 bits per heavy atom. The van der Waals surface area contributed by atoms with Gasteiger partial charge >= 0.3 is 5.97 Å². The Balaban J connectivity index is 3.27. The van der Waals surface area contributed by atoms with Gasteiger partial charge in [-0.3, -0.25) is 0 Å². The number of ether oxygens (including phenoxy) is 2. The molecule has 0 aromatic rings. The topological polar surface area (TPSA) is 76.0 Å². The van der Waals surface area contributed by atoms with Crippen molar-refractivity contribution in [1.82, 2.24) is 0 Å². The van der Waals surface area contributed by atoms with Crippen molar-refractivity contribution in [3.63, 3.8) is 0 Å². The first kappa shape index (κ1) is 13.4. The lowest BCUT2D eigenvalue weighted by Crippen LogP contribution is -2.24. The molecule has 0 rings (SSSR count). The van der Waals surface area contributed by atoms with E-state index in [2.05, 4.69) is 4.74 Å². The Kier molecular flexibility index (Phi) is 8.51. The van der Waals surface area contributed by atoms with Gasteiger partial charge in [-0.2, -0.15) is 0 Å². The van der Waals surface area contributed by atoms with E-state index in [-0.39, 0.29) is 13.2 Å². The van der Waals surface area contributed by atoms with Crippen molar-refractivity contribution >= 4 is 5.97 Å². The second kappa shape index (κ2) is 8.93. The van der Waals surface area contributed by atoms with E-state index in [9.17, 15) is 9.90 Å². The maximum absolute atomic E-state index is 10.5. The second-order valence-electron chi connectivity index (χ2n) is 2.92. The average Bonchev–Trinajstić information content (AvgIpc) is 2.21. The first-order valence-electron chi connectivity index (χ1n) is 4.73. The summed E-state index contributed by atoms with van der Waals surface area (Å²) in [5.41, 5.74) is 0. The molecule has 0 spiro atoms. The molecule has 0 aromatic heterocycles. The molecule has 1 unspecified atom stereocenters. The van der Waals surface area contributed by atoms with Crippen molar-refractivity contribution in [2.24, 2.45) is 0 Å². The van der Waals surface area contributed by atoms with Crippen LogP contribution in [0.5, 0.6) is 0 Å². The minimum Gasteiger partial charge on any atom is -0.461 e. The molecule has 5 nitrogen and oxygen atoms in total. The van der Waals surface area contributed by atoms with Crippen LogP contribution in [0.3, 0.4) is 0 Å². The Bertz CT molecular complexity index is 148. The Hall–Kier alpha value is -0.650. The summed E-state index contributed by atoms with van der Waals surface area (Å²) < 4.78 is 9.59. The normalized spacial score (nSPS) is 12.5. The highest BCUT2D eigenvalue weighted by Crippen LogP contribution is 1.92. The fourth-order valence-electron chi connectivity index (χ4n) is 0.749. The number of carbonyl (C=O) groups is 1.